The first-order valence-corrected chi connectivity index (χ1v) is 4.89. The van der Waals surface area contributed by atoms with Crippen LogP contribution in [0.1, 0.15) is 33.6 Å². The van der Waals surface area contributed by atoms with Gasteiger partial charge in [-0.1, -0.05) is 20.8 Å². The molecule has 0 amide bonds. The normalized spacial score (nSPS) is 30.1. The minimum absolute atomic E-state index is 0.0312. The Labute approximate surface area is 79.5 Å². The first kappa shape index (κ1) is 10.5. The molecule has 0 aromatic carbocycles. The van der Waals surface area contributed by atoms with Gasteiger partial charge in [-0.2, -0.15) is 0 Å². The highest BCUT2D eigenvalue weighted by atomic mass is 16.4. The van der Waals surface area contributed by atoms with E-state index in [-0.39, 0.29) is 17.4 Å². The number of piperidine rings is 1. The summed E-state index contributed by atoms with van der Waals surface area (Å²) in [6.45, 7) is 7.22. The maximum Gasteiger partial charge on any atom is 0.308 e. The number of rotatable bonds is 1. The summed E-state index contributed by atoms with van der Waals surface area (Å²) < 4.78 is 0. The Kier molecular flexibility index (Phi) is 2.96. The lowest BCUT2D eigenvalue weighted by Crippen LogP contribution is -2.51. The van der Waals surface area contributed by atoms with Crippen molar-refractivity contribution in [1.82, 2.24) is 5.32 Å². The van der Waals surface area contributed by atoms with E-state index in [9.17, 15) is 4.79 Å². The number of hydrogen-bond donors (Lipinski definition) is 2. The second-order valence-electron chi connectivity index (χ2n) is 4.88. The van der Waals surface area contributed by atoms with Gasteiger partial charge in [0.1, 0.15) is 0 Å². The molecule has 13 heavy (non-hydrogen) atoms. The third-order valence-electron chi connectivity index (χ3n) is 2.71. The van der Waals surface area contributed by atoms with Crippen LogP contribution in [-0.4, -0.2) is 23.7 Å². The van der Waals surface area contributed by atoms with Crippen molar-refractivity contribution in [1.29, 1.82) is 0 Å². The van der Waals surface area contributed by atoms with Gasteiger partial charge >= 0.3 is 5.97 Å². The number of carbonyl (C=O) groups is 1. The summed E-state index contributed by atoms with van der Waals surface area (Å²) in [5.41, 5.74) is 0.0312. The molecule has 0 saturated carbocycles. The molecule has 2 unspecified atom stereocenters. The zero-order valence-corrected chi connectivity index (χ0v) is 8.63. The van der Waals surface area contributed by atoms with Crippen LogP contribution in [0.15, 0.2) is 0 Å². The summed E-state index contributed by atoms with van der Waals surface area (Å²) in [4.78, 5) is 11.0. The maximum atomic E-state index is 11.0. The van der Waals surface area contributed by atoms with Crippen molar-refractivity contribution in [2.24, 2.45) is 11.3 Å². The highest BCUT2D eigenvalue weighted by Crippen LogP contribution is 2.30. The van der Waals surface area contributed by atoms with Crippen LogP contribution in [-0.2, 0) is 4.79 Å². The Morgan fingerprint density at radius 1 is 1.46 bits per heavy atom. The zero-order valence-electron chi connectivity index (χ0n) is 8.63. The predicted octanol–water partition coefficient (Wildman–Crippen LogP) is 1.49. The van der Waals surface area contributed by atoms with Crippen LogP contribution < -0.4 is 5.32 Å². The third-order valence-corrected chi connectivity index (χ3v) is 2.71. The van der Waals surface area contributed by atoms with Crippen LogP contribution in [0.3, 0.4) is 0 Å². The fourth-order valence-corrected chi connectivity index (χ4v) is 2.06. The number of hydrogen-bond acceptors (Lipinski definition) is 2. The highest BCUT2D eigenvalue weighted by Gasteiger charge is 2.37. The molecule has 0 radical (unpaired) electrons. The van der Waals surface area contributed by atoms with Crippen LogP contribution in [0.4, 0.5) is 0 Å². The Morgan fingerprint density at radius 3 is 2.46 bits per heavy atom. The van der Waals surface area contributed by atoms with E-state index < -0.39 is 5.97 Å². The van der Waals surface area contributed by atoms with E-state index in [0.29, 0.717) is 0 Å². The van der Waals surface area contributed by atoms with E-state index >= 15 is 0 Å². The van der Waals surface area contributed by atoms with Gasteiger partial charge in [-0.15, -0.1) is 0 Å². The molecular weight excluding hydrogens is 166 g/mol. The Morgan fingerprint density at radius 2 is 2.08 bits per heavy atom. The van der Waals surface area contributed by atoms with Crippen LogP contribution in [0.5, 0.6) is 0 Å². The van der Waals surface area contributed by atoms with Crippen LogP contribution >= 0.6 is 0 Å². The van der Waals surface area contributed by atoms with E-state index in [1.807, 2.05) is 0 Å². The number of nitrogens with one attached hydrogen (secondary N) is 1. The van der Waals surface area contributed by atoms with Crippen molar-refractivity contribution in [3.05, 3.63) is 0 Å². The van der Waals surface area contributed by atoms with Gasteiger partial charge in [0.2, 0.25) is 0 Å². The monoisotopic (exact) mass is 185 g/mol. The van der Waals surface area contributed by atoms with Gasteiger partial charge in [-0.3, -0.25) is 4.79 Å². The van der Waals surface area contributed by atoms with Crippen molar-refractivity contribution in [3.8, 4) is 0 Å². The van der Waals surface area contributed by atoms with E-state index in [1.54, 1.807) is 0 Å². The molecule has 76 valence electrons. The molecule has 0 aliphatic carbocycles. The minimum Gasteiger partial charge on any atom is -0.481 e. The quantitative estimate of drug-likeness (QED) is 0.650. The van der Waals surface area contributed by atoms with Crippen LogP contribution in [0.2, 0.25) is 0 Å². The summed E-state index contributed by atoms with van der Waals surface area (Å²) >= 11 is 0. The summed E-state index contributed by atoms with van der Waals surface area (Å²) in [5.74, 6) is -0.874. The fraction of sp³-hybridized carbons (Fsp3) is 0.900. The summed E-state index contributed by atoms with van der Waals surface area (Å²) in [7, 11) is 0. The molecule has 1 fully saturated rings. The molecule has 1 heterocycles. The molecule has 1 saturated heterocycles. The first-order chi connectivity index (χ1) is 5.93. The Hall–Kier alpha value is -0.570. The van der Waals surface area contributed by atoms with Crippen molar-refractivity contribution in [3.63, 3.8) is 0 Å². The molecule has 0 aromatic heterocycles. The van der Waals surface area contributed by atoms with Gasteiger partial charge in [0.25, 0.3) is 0 Å². The fourth-order valence-electron chi connectivity index (χ4n) is 2.06. The molecule has 0 aromatic rings. The van der Waals surface area contributed by atoms with Crippen molar-refractivity contribution in [2.75, 3.05) is 6.54 Å². The van der Waals surface area contributed by atoms with Crippen molar-refractivity contribution < 1.29 is 9.90 Å². The molecule has 0 spiro atoms. The highest BCUT2D eigenvalue weighted by molar-refractivity contribution is 5.71. The van der Waals surface area contributed by atoms with Gasteiger partial charge in [0.15, 0.2) is 0 Å². The molecule has 1 aliphatic heterocycles. The molecular formula is C10H19NO2. The molecule has 1 aliphatic rings. The molecule has 1 rings (SSSR count). The van der Waals surface area contributed by atoms with Crippen LogP contribution in [0, 0.1) is 11.3 Å². The lowest BCUT2D eigenvalue weighted by Gasteiger charge is -2.39. The summed E-state index contributed by atoms with van der Waals surface area (Å²) in [6, 6.07) is 0.110. The Balaban J connectivity index is 2.73. The van der Waals surface area contributed by atoms with Gasteiger partial charge < -0.3 is 10.4 Å². The van der Waals surface area contributed by atoms with Gasteiger partial charge in [-0.25, -0.2) is 0 Å². The zero-order chi connectivity index (χ0) is 10.1. The first-order valence-electron chi connectivity index (χ1n) is 4.89. The standard InChI is InChI=1S/C10H19NO2/c1-10(2,3)8-7(9(12)13)5-4-6-11-8/h7-8,11H,4-6H2,1-3H3,(H,12,13). The van der Waals surface area contributed by atoms with E-state index in [1.165, 1.54) is 0 Å². The topological polar surface area (TPSA) is 49.3 Å². The lowest BCUT2D eigenvalue weighted by molar-refractivity contribution is -0.145. The van der Waals surface area contributed by atoms with E-state index in [2.05, 4.69) is 26.1 Å². The summed E-state index contributed by atoms with van der Waals surface area (Å²) in [5, 5.41) is 12.3. The molecule has 2 atom stereocenters. The van der Waals surface area contributed by atoms with E-state index in [4.69, 9.17) is 5.11 Å². The lowest BCUT2D eigenvalue weighted by atomic mass is 9.75. The Bertz CT molecular complexity index is 196. The largest absolute Gasteiger partial charge is 0.481 e. The second kappa shape index (κ2) is 3.66. The van der Waals surface area contributed by atoms with Gasteiger partial charge in [-0.05, 0) is 24.8 Å². The average Bonchev–Trinajstić information content (AvgIpc) is 2.03. The van der Waals surface area contributed by atoms with Crippen molar-refractivity contribution in [2.45, 2.75) is 39.7 Å². The molecule has 2 N–H and O–H groups in total. The predicted molar refractivity (Wildman–Crippen MR) is 51.6 cm³/mol. The van der Waals surface area contributed by atoms with Crippen molar-refractivity contribution >= 4 is 5.97 Å². The summed E-state index contributed by atoms with van der Waals surface area (Å²) in [6.07, 6.45) is 1.79. The van der Waals surface area contributed by atoms with E-state index in [0.717, 1.165) is 19.4 Å². The second-order valence-corrected chi connectivity index (χ2v) is 4.88. The van der Waals surface area contributed by atoms with Crippen LogP contribution in [0.25, 0.3) is 0 Å². The molecule has 0 bridgehead atoms. The minimum atomic E-state index is -0.660. The smallest absolute Gasteiger partial charge is 0.308 e. The average molecular weight is 185 g/mol. The third kappa shape index (κ3) is 2.44. The number of carboxylic acids is 1. The SMILES string of the molecule is CC(C)(C)C1NCCCC1C(=O)O. The number of aliphatic carboxylic acids is 1. The van der Waals surface area contributed by atoms with Gasteiger partial charge in [0, 0.05) is 6.04 Å². The molecule has 3 heteroatoms. The molecule has 3 nitrogen and oxygen atoms in total. The number of carboxylic acid groups (broad SMARTS) is 1. The van der Waals surface area contributed by atoms with Gasteiger partial charge in [0.05, 0.1) is 5.92 Å². The maximum absolute atomic E-state index is 11.0.